The second-order valence-electron chi connectivity index (χ2n) is 3.60. The Morgan fingerprint density at radius 3 is 3.12 bits per heavy atom. The summed E-state index contributed by atoms with van der Waals surface area (Å²) in [5.41, 5.74) is 0.327. The van der Waals surface area contributed by atoms with Crippen LogP contribution in [-0.2, 0) is 4.74 Å². The molecule has 1 saturated heterocycles. The van der Waals surface area contributed by atoms with Crippen LogP contribution >= 0.6 is 11.6 Å². The first-order valence-electron chi connectivity index (χ1n) is 5.13. The summed E-state index contributed by atoms with van der Waals surface area (Å²) < 4.78 is 5.17. The van der Waals surface area contributed by atoms with E-state index in [2.05, 4.69) is 4.98 Å². The molecule has 6 heteroatoms. The summed E-state index contributed by atoms with van der Waals surface area (Å²) in [7, 11) is 0. The van der Waals surface area contributed by atoms with Crippen LogP contribution < -0.4 is 0 Å². The molecule has 1 unspecified atom stereocenters. The number of carbonyl (C=O) groups excluding carboxylic acids is 1. The van der Waals surface area contributed by atoms with Crippen molar-refractivity contribution in [2.75, 3.05) is 19.7 Å². The lowest BCUT2D eigenvalue weighted by molar-refractivity contribution is 0.00320. The number of amides is 1. The summed E-state index contributed by atoms with van der Waals surface area (Å²) in [6.07, 6.45) is 0.872. The van der Waals surface area contributed by atoms with Crippen LogP contribution in [0.4, 0.5) is 0 Å². The van der Waals surface area contributed by atoms with Crippen LogP contribution in [0.2, 0.25) is 5.02 Å². The van der Waals surface area contributed by atoms with Gasteiger partial charge in [-0.05, 0) is 12.1 Å². The van der Waals surface area contributed by atoms with Crippen molar-refractivity contribution in [3.8, 4) is 6.07 Å². The molecule has 1 aliphatic rings. The molecule has 1 amide bonds. The van der Waals surface area contributed by atoms with Gasteiger partial charge < -0.3 is 9.64 Å². The van der Waals surface area contributed by atoms with E-state index in [9.17, 15) is 4.79 Å². The molecule has 0 radical (unpaired) electrons. The van der Waals surface area contributed by atoms with E-state index >= 15 is 0 Å². The number of hydrogen-bond donors (Lipinski definition) is 0. The van der Waals surface area contributed by atoms with Crippen LogP contribution in [0.1, 0.15) is 10.5 Å². The fourth-order valence-corrected chi connectivity index (χ4v) is 1.69. The fraction of sp³-hybridized carbons (Fsp3) is 0.364. The average molecular weight is 252 g/mol. The molecule has 0 N–H and O–H groups in total. The molecule has 2 heterocycles. The molecular formula is C11H10ClN3O2. The lowest BCUT2D eigenvalue weighted by atomic mass is 10.2. The molecule has 0 spiro atoms. The Bertz CT molecular complexity index is 455. The van der Waals surface area contributed by atoms with Crippen LogP contribution in [-0.4, -0.2) is 41.6 Å². The quantitative estimate of drug-likeness (QED) is 0.750. The number of carbonyl (C=O) groups is 1. The highest BCUT2D eigenvalue weighted by Gasteiger charge is 2.25. The van der Waals surface area contributed by atoms with E-state index in [0.717, 1.165) is 0 Å². The van der Waals surface area contributed by atoms with Crippen molar-refractivity contribution < 1.29 is 9.53 Å². The van der Waals surface area contributed by atoms with E-state index in [1.165, 1.54) is 6.20 Å². The predicted octanol–water partition coefficient (Wildman–Crippen LogP) is 1.10. The molecule has 1 atom stereocenters. The number of ether oxygens (including phenoxy) is 1. The lowest BCUT2D eigenvalue weighted by Gasteiger charge is -2.29. The lowest BCUT2D eigenvalue weighted by Crippen LogP contribution is -2.45. The average Bonchev–Trinajstić information content (AvgIpc) is 2.39. The maximum absolute atomic E-state index is 12.0. The van der Waals surface area contributed by atoms with Gasteiger partial charge in [-0.2, -0.15) is 5.26 Å². The summed E-state index contributed by atoms with van der Waals surface area (Å²) >= 11 is 5.70. The first-order chi connectivity index (χ1) is 8.20. The van der Waals surface area contributed by atoms with Gasteiger partial charge in [-0.1, -0.05) is 11.6 Å². The summed E-state index contributed by atoms with van der Waals surface area (Å²) in [5, 5.41) is 9.24. The zero-order chi connectivity index (χ0) is 12.3. The highest BCUT2D eigenvalue weighted by atomic mass is 35.5. The summed E-state index contributed by atoms with van der Waals surface area (Å²) in [5.74, 6) is -0.204. The first-order valence-corrected chi connectivity index (χ1v) is 5.50. The number of pyridine rings is 1. The van der Waals surface area contributed by atoms with E-state index < -0.39 is 6.10 Å². The van der Waals surface area contributed by atoms with Crippen molar-refractivity contribution in [2.24, 2.45) is 0 Å². The molecule has 1 aromatic rings. The van der Waals surface area contributed by atoms with Crippen molar-refractivity contribution in [3.05, 3.63) is 29.0 Å². The van der Waals surface area contributed by atoms with Gasteiger partial charge in [0.1, 0.15) is 5.69 Å². The molecule has 0 aliphatic carbocycles. The van der Waals surface area contributed by atoms with Crippen molar-refractivity contribution in [1.29, 1.82) is 5.26 Å². The number of nitriles is 1. The van der Waals surface area contributed by atoms with Gasteiger partial charge >= 0.3 is 0 Å². The highest BCUT2D eigenvalue weighted by Crippen LogP contribution is 2.11. The molecule has 0 aromatic carbocycles. The normalized spacial score (nSPS) is 19.8. The van der Waals surface area contributed by atoms with Crippen LogP contribution in [0.15, 0.2) is 18.3 Å². The van der Waals surface area contributed by atoms with Gasteiger partial charge in [0, 0.05) is 12.7 Å². The Kier molecular flexibility index (Phi) is 3.57. The first kappa shape index (κ1) is 11.8. The van der Waals surface area contributed by atoms with Crippen molar-refractivity contribution >= 4 is 17.5 Å². The van der Waals surface area contributed by atoms with Gasteiger partial charge in [-0.3, -0.25) is 4.79 Å². The molecule has 17 heavy (non-hydrogen) atoms. The second kappa shape index (κ2) is 5.13. The fourth-order valence-electron chi connectivity index (χ4n) is 1.58. The van der Waals surface area contributed by atoms with Gasteiger partial charge in [0.2, 0.25) is 0 Å². The zero-order valence-electron chi connectivity index (χ0n) is 8.97. The van der Waals surface area contributed by atoms with Crippen LogP contribution in [0.3, 0.4) is 0 Å². The van der Waals surface area contributed by atoms with Crippen LogP contribution in [0, 0.1) is 11.3 Å². The van der Waals surface area contributed by atoms with Crippen LogP contribution in [0.25, 0.3) is 0 Å². The Labute approximate surface area is 104 Å². The van der Waals surface area contributed by atoms with Crippen molar-refractivity contribution in [3.63, 3.8) is 0 Å². The second-order valence-corrected chi connectivity index (χ2v) is 4.04. The third kappa shape index (κ3) is 2.73. The molecule has 5 nitrogen and oxygen atoms in total. The van der Waals surface area contributed by atoms with E-state index in [-0.39, 0.29) is 12.5 Å². The smallest absolute Gasteiger partial charge is 0.272 e. The Morgan fingerprint density at radius 2 is 2.47 bits per heavy atom. The van der Waals surface area contributed by atoms with E-state index in [1.807, 2.05) is 6.07 Å². The van der Waals surface area contributed by atoms with Gasteiger partial charge in [0.05, 0.1) is 24.2 Å². The minimum absolute atomic E-state index is 0.204. The predicted molar refractivity (Wildman–Crippen MR) is 60.5 cm³/mol. The molecule has 1 aromatic heterocycles. The van der Waals surface area contributed by atoms with Crippen molar-refractivity contribution in [1.82, 2.24) is 9.88 Å². The Morgan fingerprint density at radius 1 is 1.65 bits per heavy atom. The third-order valence-electron chi connectivity index (χ3n) is 2.44. The minimum atomic E-state index is -0.556. The molecule has 0 saturated carbocycles. The molecule has 1 fully saturated rings. The Hall–Kier alpha value is -1.64. The van der Waals surface area contributed by atoms with Crippen LogP contribution in [0.5, 0.6) is 0 Å². The number of morpholine rings is 1. The number of nitrogens with zero attached hydrogens (tertiary/aromatic N) is 3. The molecular weight excluding hydrogens is 242 g/mol. The van der Waals surface area contributed by atoms with E-state index in [0.29, 0.717) is 23.9 Å². The summed E-state index contributed by atoms with van der Waals surface area (Å²) in [4.78, 5) is 17.5. The van der Waals surface area contributed by atoms with E-state index in [4.69, 9.17) is 21.6 Å². The molecule has 2 rings (SSSR count). The molecule has 1 aliphatic heterocycles. The molecule has 0 bridgehead atoms. The summed E-state index contributed by atoms with van der Waals surface area (Å²) in [6, 6.07) is 5.18. The van der Waals surface area contributed by atoms with E-state index in [1.54, 1.807) is 17.0 Å². The van der Waals surface area contributed by atoms with Gasteiger partial charge in [0.15, 0.2) is 6.10 Å². The minimum Gasteiger partial charge on any atom is -0.360 e. The Balaban J connectivity index is 2.09. The standard InChI is InChI=1S/C11H10ClN3O2/c12-8-1-2-10(14-6-8)11(16)15-3-4-17-9(5-13)7-15/h1-2,6,9H,3-4,7H2. The molecule has 88 valence electrons. The zero-order valence-corrected chi connectivity index (χ0v) is 9.72. The number of aromatic nitrogens is 1. The maximum atomic E-state index is 12.0. The summed E-state index contributed by atoms with van der Waals surface area (Å²) in [6.45, 7) is 1.12. The van der Waals surface area contributed by atoms with Gasteiger partial charge in [-0.15, -0.1) is 0 Å². The van der Waals surface area contributed by atoms with Gasteiger partial charge in [-0.25, -0.2) is 4.98 Å². The largest absolute Gasteiger partial charge is 0.360 e. The topological polar surface area (TPSA) is 66.2 Å². The number of rotatable bonds is 1. The highest BCUT2D eigenvalue weighted by molar-refractivity contribution is 6.30. The number of halogens is 1. The number of hydrogen-bond acceptors (Lipinski definition) is 4. The van der Waals surface area contributed by atoms with Gasteiger partial charge in [0.25, 0.3) is 5.91 Å². The SMILES string of the molecule is N#CC1CN(C(=O)c2ccc(Cl)cn2)CCO1. The monoisotopic (exact) mass is 251 g/mol. The third-order valence-corrected chi connectivity index (χ3v) is 2.67. The van der Waals surface area contributed by atoms with Crippen molar-refractivity contribution in [2.45, 2.75) is 6.10 Å². The maximum Gasteiger partial charge on any atom is 0.272 e.